The van der Waals surface area contributed by atoms with Crippen molar-refractivity contribution < 1.29 is 19.1 Å². The predicted molar refractivity (Wildman–Crippen MR) is 97.8 cm³/mol. The van der Waals surface area contributed by atoms with E-state index in [2.05, 4.69) is 34.5 Å². The molecule has 0 bridgehead atoms. The van der Waals surface area contributed by atoms with Crippen LogP contribution in [0.3, 0.4) is 0 Å². The molecular formula is C16H31N3O4S. The molecule has 0 aromatic heterocycles. The minimum absolute atomic E-state index is 0.111. The summed E-state index contributed by atoms with van der Waals surface area (Å²) < 4.78 is 9.84. The largest absolute Gasteiger partial charge is 0.469 e. The first-order valence-corrected chi connectivity index (χ1v) is 8.52. The highest BCUT2D eigenvalue weighted by atomic mass is 32.1. The van der Waals surface area contributed by atoms with Gasteiger partial charge in [-0.1, -0.05) is 13.8 Å². The van der Waals surface area contributed by atoms with Gasteiger partial charge in [0.2, 0.25) is 0 Å². The number of rotatable bonds is 8. The number of amides is 1. The van der Waals surface area contributed by atoms with Crippen LogP contribution < -0.4 is 16.0 Å². The van der Waals surface area contributed by atoms with E-state index in [1.54, 1.807) is 0 Å². The van der Waals surface area contributed by atoms with E-state index >= 15 is 0 Å². The Labute approximate surface area is 150 Å². The van der Waals surface area contributed by atoms with Crippen molar-refractivity contribution in [2.75, 3.05) is 20.2 Å². The molecule has 0 aliphatic carbocycles. The average Bonchev–Trinajstić information content (AvgIpc) is 2.41. The van der Waals surface area contributed by atoms with Crippen molar-refractivity contribution in [2.45, 2.75) is 59.1 Å². The molecule has 3 N–H and O–H groups in total. The summed E-state index contributed by atoms with van der Waals surface area (Å²) in [5.41, 5.74) is -0.537. The van der Waals surface area contributed by atoms with Crippen LogP contribution in [0.2, 0.25) is 0 Å². The van der Waals surface area contributed by atoms with Crippen LogP contribution in [0, 0.1) is 5.92 Å². The summed E-state index contributed by atoms with van der Waals surface area (Å²) in [5.74, 6) is 0.113. The van der Waals surface area contributed by atoms with Crippen LogP contribution in [0.25, 0.3) is 0 Å². The van der Waals surface area contributed by atoms with Gasteiger partial charge in [-0.2, -0.15) is 0 Å². The standard InChI is InChI=1S/C16H31N3O4S/c1-11(2)9-12(19-15(21)23-16(3,4)5)10-18-14(24)17-8-7-13(20)22-6/h11-12H,7-10H2,1-6H3,(H,19,21)(H2,17,18,24)/t12-/m0/s1. The van der Waals surface area contributed by atoms with Crippen LogP contribution in [0.15, 0.2) is 0 Å². The number of alkyl carbamates (subject to hydrolysis) is 1. The topological polar surface area (TPSA) is 88.7 Å². The van der Waals surface area contributed by atoms with Gasteiger partial charge < -0.3 is 25.4 Å². The Balaban J connectivity index is 4.30. The minimum Gasteiger partial charge on any atom is -0.469 e. The zero-order valence-corrected chi connectivity index (χ0v) is 16.3. The molecule has 24 heavy (non-hydrogen) atoms. The number of hydrogen-bond donors (Lipinski definition) is 3. The normalized spacial score (nSPS) is 12.3. The number of methoxy groups -OCH3 is 1. The summed E-state index contributed by atoms with van der Waals surface area (Å²) in [6, 6.07) is -0.111. The van der Waals surface area contributed by atoms with Crippen LogP contribution in [0.1, 0.15) is 47.5 Å². The first-order chi connectivity index (χ1) is 11.0. The van der Waals surface area contributed by atoms with Gasteiger partial charge >= 0.3 is 12.1 Å². The van der Waals surface area contributed by atoms with Gasteiger partial charge in [0.1, 0.15) is 5.60 Å². The second-order valence-corrected chi connectivity index (χ2v) is 7.34. The minimum atomic E-state index is -0.537. The van der Waals surface area contributed by atoms with E-state index < -0.39 is 11.7 Å². The molecule has 0 aliphatic heterocycles. The van der Waals surface area contributed by atoms with Crippen molar-refractivity contribution in [1.82, 2.24) is 16.0 Å². The average molecular weight is 362 g/mol. The molecule has 1 amide bonds. The zero-order chi connectivity index (χ0) is 18.8. The number of carbonyl (C=O) groups is 2. The molecule has 7 nitrogen and oxygen atoms in total. The smallest absolute Gasteiger partial charge is 0.407 e. The molecule has 0 aromatic rings. The van der Waals surface area contributed by atoms with Crippen LogP contribution in [0.5, 0.6) is 0 Å². The van der Waals surface area contributed by atoms with Crippen LogP contribution in [-0.4, -0.2) is 49.0 Å². The van der Waals surface area contributed by atoms with Gasteiger partial charge in [0.05, 0.1) is 13.5 Å². The summed E-state index contributed by atoms with van der Waals surface area (Å²) in [7, 11) is 1.34. The van der Waals surface area contributed by atoms with Crippen molar-refractivity contribution in [3.63, 3.8) is 0 Å². The molecular weight excluding hydrogens is 330 g/mol. The SMILES string of the molecule is COC(=O)CCNC(=S)NC[C@H](CC(C)C)NC(=O)OC(C)(C)C. The molecule has 0 rings (SSSR count). The molecule has 8 heteroatoms. The Kier molecular flexibility index (Phi) is 10.3. The van der Waals surface area contributed by atoms with Crippen LogP contribution in [-0.2, 0) is 14.3 Å². The molecule has 0 radical (unpaired) electrons. The Bertz CT molecular complexity index is 422. The second-order valence-electron chi connectivity index (χ2n) is 6.94. The molecule has 1 atom stereocenters. The van der Waals surface area contributed by atoms with Crippen molar-refractivity contribution in [1.29, 1.82) is 0 Å². The van der Waals surface area contributed by atoms with E-state index in [1.807, 2.05) is 20.8 Å². The van der Waals surface area contributed by atoms with Gasteiger partial charge in [0, 0.05) is 19.1 Å². The molecule has 0 unspecified atom stereocenters. The van der Waals surface area contributed by atoms with Gasteiger partial charge in [-0.3, -0.25) is 4.79 Å². The fourth-order valence-electron chi connectivity index (χ4n) is 1.90. The fourth-order valence-corrected chi connectivity index (χ4v) is 2.08. The van der Waals surface area contributed by atoms with E-state index in [0.29, 0.717) is 24.1 Å². The lowest BCUT2D eigenvalue weighted by Crippen LogP contribution is -2.48. The third kappa shape index (κ3) is 12.9. The maximum atomic E-state index is 11.9. The van der Waals surface area contributed by atoms with Crippen LogP contribution >= 0.6 is 12.2 Å². The Morgan fingerprint density at radius 2 is 1.79 bits per heavy atom. The maximum Gasteiger partial charge on any atom is 0.407 e. The Hall–Kier alpha value is -1.57. The van der Waals surface area contributed by atoms with Crippen molar-refractivity contribution in [3.8, 4) is 0 Å². The fraction of sp³-hybridized carbons (Fsp3) is 0.812. The van der Waals surface area contributed by atoms with E-state index in [4.69, 9.17) is 17.0 Å². The second kappa shape index (κ2) is 11.1. The van der Waals surface area contributed by atoms with Crippen molar-refractivity contribution in [3.05, 3.63) is 0 Å². The van der Waals surface area contributed by atoms with Crippen molar-refractivity contribution >= 4 is 29.4 Å². The first kappa shape index (κ1) is 22.4. The zero-order valence-electron chi connectivity index (χ0n) is 15.5. The third-order valence-corrected chi connectivity index (χ3v) is 3.12. The van der Waals surface area contributed by atoms with Gasteiger partial charge in [0.25, 0.3) is 0 Å². The van der Waals surface area contributed by atoms with Gasteiger partial charge in [-0.05, 0) is 45.3 Å². The summed E-state index contributed by atoms with van der Waals surface area (Å²) in [4.78, 5) is 22.9. The Morgan fingerprint density at radius 1 is 1.17 bits per heavy atom. The molecule has 140 valence electrons. The lowest BCUT2D eigenvalue weighted by atomic mass is 10.0. The van der Waals surface area contributed by atoms with Crippen LogP contribution in [0.4, 0.5) is 4.79 Å². The van der Waals surface area contributed by atoms with Gasteiger partial charge in [-0.15, -0.1) is 0 Å². The van der Waals surface area contributed by atoms with E-state index in [9.17, 15) is 9.59 Å². The number of nitrogens with one attached hydrogen (secondary N) is 3. The quantitative estimate of drug-likeness (QED) is 0.450. The lowest BCUT2D eigenvalue weighted by molar-refractivity contribution is -0.140. The molecule has 0 spiro atoms. The third-order valence-electron chi connectivity index (χ3n) is 2.83. The number of thiocarbonyl (C=S) groups is 1. The maximum absolute atomic E-state index is 11.9. The number of carbonyl (C=O) groups excluding carboxylic acids is 2. The lowest BCUT2D eigenvalue weighted by Gasteiger charge is -2.25. The number of hydrogen-bond acceptors (Lipinski definition) is 5. The molecule has 0 fully saturated rings. The summed E-state index contributed by atoms with van der Waals surface area (Å²) in [6.07, 6.45) is 0.584. The van der Waals surface area contributed by atoms with E-state index in [-0.39, 0.29) is 18.4 Å². The number of esters is 1. The first-order valence-electron chi connectivity index (χ1n) is 8.11. The molecule has 0 heterocycles. The molecule has 0 aromatic carbocycles. The highest BCUT2D eigenvalue weighted by Crippen LogP contribution is 2.09. The van der Waals surface area contributed by atoms with E-state index in [1.165, 1.54) is 7.11 Å². The number of ether oxygens (including phenoxy) is 2. The highest BCUT2D eigenvalue weighted by Gasteiger charge is 2.20. The summed E-state index contributed by atoms with van der Waals surface area (Å²) >= 11 is 5.16. The monoisotopic (exact) mass is 361 g/mol. The van der Waals surface area contributed by atoms with Crippen molar-refractivity contribution in [2.24, 2.45) is 5.92 Å². The van der Waals surface area contributed by atoms with E-state index in [0.717, 1.165) is 6.42 Å². The molecule has 0 saturated heterocycles. The highest BCUT2D eigenvalue weighted by molar-refractivity contribution is 7.80. The van der Waals surface area contributed by atoms with Gasteiger partial charge in [-0.25, -0.2) is 4.79 Å². The predicted octanol–water partition coefficient (Wildman–Crippen LogP) is 1.95. The summed E-state index contributed by atoms with van der Waals surface area (Å²) in [5, 5.41) is 9.26. The molecule has 0 saturated carbocycles. The molecule has 0 aliphatic rings. The van der Waals surface area contributed by atoms with Gasteiger partial charge in [0.15, 0.2) is 5.11 Å². The Morgan fingerprint density at radius 3 is 2.29 bits per heavy atom. The summed E-state index contributed by atoms with van der Waals surface area (Å²) in [6.45, 7) is 10.5.